The highest BCUT2D eigenvalue weighted by molar-refractivity contribution is 8.00. The zero-order valence-electron chi connectivity index (χ0n) is 14.5. The topological polar surface area (TPSA) is 81.7 Å². The highest BCUT2D eigenvalue weighted by Crippen LogP contribution is 2.44. The molecule has 1 aliphatic heterocycles. The summed E-state index contributed by atoms with van der Waals surface area (Å²) in [6, 6.07) is 3.36. The van der Waals surface area contributed by atoms with E-state index in [2.05, 4.69) is 4.72 Å². The van der Waals surface area contributed by atoms with Crippen molar-refractivity contribution in [2.24, 2.45) is 0 Å². The van der Waals surface area contributed by atoms with Crippen molar-refractivity contribution in [3.63, 3.8) is 0 Å². The van der Waals surface area contributed by atoms with Gasteiger partial charge < -0.3 is 9.47 Å². The molecule has 1 heterocycles. The van der Waals surface area contributed by atoms with Gasteiger partial charge in [-0.1, -0.05) is 11.6 Å². The average Bonchev–Trinajstić information content (AvgIpc) is 3.05. The Bertz CT molecular complexity index is 868. The van der Waals surface area contributed by atoms with E-state index in [-0.39, 0.29) is 29.3 Å². The first-order valence-corrected chi connectivity index (χ1v) is 11.3. The summed E-state index contributed by atoms with van der Waals surface area (Å²) in [5.74, 6) is -0.494. The minimum Gasteiger partial charge on any atom is -0.463 e. The smallest absolute Gasteiger partial charge is 0.335 e. The van der Waals surface area contributed by atoms with Gasteiger partial charge in [-0.15, -0.1) is 11.8 Å². The quantitative estimate of drug-likeness (QED) is 0.714. The summed E-state index contributed by atoms with van der Waals surface area (Å²) in [6.07, 6.45) is 2.21. The molecule has 0 saturated carbocycles. The van der Waals surface area contributed by atoms with Crippen molar-refractivity contribution >= 4 is 45.0 Å². The maximum Gasteiger partial charge on any atom is 0.335 e. The third kappa shape index (κ3) is 4.42. The lowest BCUT2D eigenvalue weighted by Gasteiger charge is -2.33. The van der Waals surface area contributed by atoms with Crippen LogP contribution in [0.4, 0.5) is 10.1 Å². The summed E-state index contributed by atoms with van der Waals surface area (Å²) in [4.78, 5) is 11.7. The van der Waals surface area contributed by atoms with Crippen LogP contribution < -0.4 is 4.72 Å². The van der Waals surface area contributed by atoms with Crippen LogP contribution in [0.3, 0.4) is 0 Å². The Hall–Kier alpha value is -1.29. The molecule has 1 spiro atoms. The Balaban J connectivity index is 1.93. The number of ether oxygens (including phenoxy) is 2. The highest BCUT2D eigenvalue weighted by atomic mass is 35.5. The number of nitrogens with one attached hydrogen (secondary N) is 1. The summed E-state index contributed by atoms with van der Waals surface area (Å²) in [7, 11) is -4.02. The van der Waals surface area contributed by atoms with E-state index in [1.807, 2.05) is 0 Å². The number of carbonyl (C=O) groups is 1. The Kier molecular flexibility index (Phi) is 6.05. The van der Waals surface area contributed by atoms with Crippen molar-refractivity contribution in [3.8, 4) is 0 Å². The average molecular weight is 436 g/mol. The number of carbonyl (C=O) groups excluding carboxylic acids is 1. The first kappa shape index (κ1) is 20.4. The molecule has 1 fully saturated rings. The van der Waals surface area contributed by atoms with Gasteiger partial charge in [0.05, 0.1) is 29.5 Å². The van der Waals surface area contributed by atoms with Crippen LogP contribution in [0.1, 0.15) is 19.8 Å². The molecular weight excluding hydrogens is 417 g/mol. The van der Waals surface area contributed by atoms with Crippen LogP contribution >= 0.6 is 23.4 Å². The fraction of sp³-hybridized carbons (Fsp3) is 0.471. The van der Waals surface area contributed by atoms with Gasteiger partial charge in [-0.25, -0.2) is 17.6 Å². The van der Waals surface area contributed by atoms with Gasteiger partial charge in [-0.2, -0.15) is 0 Å². The number of hydrogen-bond acceptors (Lipinski definition) is 6. The minimum atomic E-state index is -4.02. The van der Waals surface area contributed by atoms with E-state index in [0.29, 0.717) is 13.0 Å². The fourth-order valence-electron chi connectivity index (χ4n) is 3.11. The third-order valence-corrected chi connectivity index (χ3v) is 7.68. The lowest BCUT2D eigenvalue weighted by atomic mass is 9.96. The van der Waals surface area contributed by atoms with E-state index in [1.165, 1.54) is 6.07 Å². The van der Waals surface area contributed by atoms with E-state index < -0.39 is 32.0 Å². The van der Waals surface area contributed by atoms with E-state index in [0.717, 1.165) is 17.9 Å². The number of rotatable bonds is 5. The van der Waals surface area contributed by atoms with Gasteiger partial charge in [0.1, 0.15) is 16.0 Å². The van der Waals surface area contributed by atoms with Gasteiger partial charge in [0.15, 0.2) is 0 Å². The predicted molar refractivity (Wildman–Crippen MR) is 103 cm³/mol. The van der Waals surface area contributed by atoms with Crippen LogP contribution in [-0.2, 0) is 24.3 Å². The number of benzene rings is 1. The van der Waals surface area contributed by atoms with Crippen LogP contribution in [0.2, 0.25) is 5.02 Å². The number of hydrogen-bond donors (Lipinski definition) is 1. The summed E-state index contributed by atoms with van der Waals surface area (Å²) in [6.45, 7) is 2.32. The zero-order chi connectivity index (χ0) is 19.7. The number of esters is 1. The number of thioether (sulfide) groups is 1. The molecule has 1 aromatic rings. The van der Waals surface area contributed by atoms with E-state index in [9.17, 15) is 17.6 Å². The van der Waals surface area contributed by atoms with Crippen LogP contribution in [0.25, 0.3) is 0 Å². The van der Waals surface area contributed by atoms with Gasteiger partial charge in [0.2, 0.25) is 10.0 Å². The molecule has 0 bridgehead atoms. The lowest BCUT2D eigenvalue weighted by molar-refractivity contribution is -0.138. The maximum atomic E-state index is 13.2. The molecule has 0 amide bonds. The van der Waals surface area contributed by atoms with Gasteiger partial charge >= 0.3 is 5.97 Å². The zero-order valence-corrected chi connectivity index (χ0v) is 16.9. The SMILES string of the molecule is CCOC(=O)C1=CC2(CCC1S(=O)(=O)Nc1ccc(F)cc1Cl)OCCS2. The monoisotopic (exact) mass is 435 g/mol. The molecule has 2 unspecified atom stereocenters. The number of sulfonamides is 1. The van der Waals surface area contributed by atoms with Crippen molar-refractivity contribution in [3.05, 3.63) is 40.7 Å². The van der Waals surface area contributed by atoms with Crippen molar-refractivity contribution < 1.29 is 27.1 Å². The molecule has 1 aliphatic carbocycles. The maximum absolute atomic E-state index is 13.2. The Morgan fingerprint density at radius 3 is 2.93 bits per heavy atom. The van der Waals surface area contributed by atoms with Crippen LogP contribution in [0.5, 0.6) is 0 Å². The predicted octanol–water partition coefficient (Wildman–Crippen LogP) is 3.33. The van der Waals surface area contributed by atoms with Gasteiger partial charge in [-0.05, 0) is 44.0 Å². The number of anilines is 1. The molecule has 0 radical (unpaired) electrons. The second-order valence-electron chi connectivity index (χ2n) is 6.13. The first-order valence-electron chi connectivity index (χ1n) is 8.41. The first-order chi connectivity index (χ1) is 12.8. The molecule has 10 heteroatoms. The van der Waals surface area contributed by atoms with Gasteiger partial charge in [0.25, 0.3) is 0 Å². The molecule has 6 nitrogen and oxygen atoms in total. The van der Waals surface area contributed by atoms with Crippen molar-refractivity contribution in [1.82, 2.24) is 0 Å². The van der Waals surface area contributed by atoms with Crippen LogP contribution in [0, 0.1) is 5.82 Å². The molecular formula is C17H19ClFNO5S2. The standard InChI is InChI=1S/C17H19ClFNO5S2/c1-2-24-16(21)12-10-17(25-7-8-26-17)6-5-15(12)27(22,23)20-14-4-3-11(19)9-13(14)18/h3-4,9-10,15,20H,2,5-8H2,1H3. The number of halogens is 2. The van der Waals surface area contributed by atoms with Crippen LogP contribution in [-0.4, -0.2) is 43.5 Å². The van der Waals surface area contributed by atoms with E-state index >= 15 is 0 Å². The molecule has 148 valence electrons. The van der Waals surface area contributed by atoms with Crippen molar-refractivity contribution in [1.29, 1.82) is 0 Å². The fourth-order valence-corrected chi connectivity index (χ4v) is 6.09. The molecule has 0 aromatic heterocycles. The summed E-state index contributed by atoms with van der Waals surface area (Å²) in [5.41, 5.74) is 0.0938. The Morgan fingerprint density at radius 2 is 2.30 bits per heavy atom. The summed E-state index contributed by atoms with van der Waals surface area (Å²) < 4.78 is 52.3. The van der Waals surface area contributed by atoms with Crippen molar-refractivity contribution in [2.75, 3.05) is 23.7 Å². The second kappa shape index (κ2) is 7.98. The van der Waals surface area contributed by atoms with E-state index in [4.69, 9.17) is 21.1 Å². The summed E-state index contributed by atoms with van der Waals surface area (Å²) >= 11 is 7.47. The molecule has 3 rings (SSSR count). The molecule has 1 N–H and O–H groups in total. The largest absolute Gasteiger partial charge is 0.463 e. The minimum absolute atomic E-state index is 0.0447. The lowest BCUT2D eigenvalue weighted by Crippen LogP contribution is -2.40. The summed E-state index contributed by atoms with van der Waals surface area (Å²) in [5, 5.41) is -1.18. The molecule has 2 atom stereocenters. The van der Waals surface area contributed by atoms with Gasteiger partial charge in [0, 0.05) is 5.75 Å². The Labute approximate surface area is 166 Å². The second-order valence-corrected chi connectivity index (χ2v) is 9.79. The third-order valence-electron chi connectivity index (χ3n) is 4.32. The highest BCUT2D eigenvalue weighted by Gasteiger charge is 2.45. The normalized spacial score (nSPS) is 25.3. The molecule has 2 aliphatic rings. The van der Waals surface area contributed by atoms with Crippen molar-refractivity contribution in [2.45, 2.75) is 29.9 Å². The molecule has 1 aromatic carbocycles. The van der Waals surface area contributed by atoms with Crippen LogP contribution in [0.15, 0.2) is 29.8 Å². The van der Waals surface area contributed by atoms with E-state index in [1.54, 1.807) is 24.8 Å². The van der Waals surface area contributed by atoms with Gasteiger partial charge in [-0.3, -0.25) is 4.72 Å². The molecule has 1 saturated heterocycles. The Morgan fingerprint density at radius 1 is 1.52 bits per heavy atom. The molecule has 27 heavy (non-hydrogen) atoms.